The highest BCUT2D eigenvalue weighted by Crippen LogP contribution is 2.34. The first kappa shape index (κ1) is 18.1. The lowest BCUT2D eigenvalue weighted by Crippen LogP contribution is -2.15. The Morgan fingerprint density at radius 3 is 2.04 bits per heavy atom. The van der Waals surface area contributed by atoms with E-state index in [0.717, 1.165) is 30.9 Å². The summed E-state index contributed by atoms with van der Waals surface area (Å²) < 4.78 is 39.4. The zero-order valence-corrected chi connectivity index (χ0v) is 14.0. The van der Waals surface area contributed by atoms with Crippen molar-refractivity contribution in [3.63, 3.8) is 0 Å². The fourth-order valence-electron chi connectivity index (χ4n) is 3.55. The third kappa shape index (κ3) is 5.71. The van der Waals surface area contributed by atoms with Gasteiger partial charge >= 0.3 is 0 Å². The van der Waals surface area contributed by atoms with Crippen molar-refractivity contribution >= 4 is 0 Å². The topological polar surface area (TPSA) is 0 Å². The minimum absolute atomic E-state index is 0.563. The van der Waals surface area contributed by atoms with Crippen molar-refractivity contribution in [2.45, 2.75) is 64.7 Å². The summed E-state index contributed by atoms with van der Waals surface area (Å²) in [4.78, 5) is 0. The summed E-state index contributed by atoms with van der Waals surface area (Å²) in [7, 11) is 0. The maximum absolute atomic E-state index is 13.2. The van der Waals surface area contributed by atoms with E-state index >= 15 is 0 Å². The fraction of sp³-hybridized carbons (Fsp3) is 0.600. The summed E-state index contributed by atoms with van der Waals surface area (Å²) in [5.74, 6) is -2.07. The third-order valence-corrected chi connectivity index (χ3v) is 5.00. The Labute approximate surface area is 137 Å². The van der Waals surface area contributed by atoms with Crippen LogP contribution in [0.4, 0.5) is 13.2 Å². The summed E-state index contributed by atoms with van der Waals surface area (Å²) in [5, 5.41) is 0. The SMILES string of the molecule is CC/C=C/CCC1CCC(CCc2cc(F)c(F)c(F)c2)CC1. The molecule has 1 aromatic rings. The zero-order chi connectivity index (χ0) is 16.7. The first-order valence-electron chi connectivity index (χ1n) is 8.88. The quantitative estimate of drug-likeness (QED) is 0.392. The van der Waals surface area contributed by atoms with E-state index in [1.807, 2.05) is 0 Å². The van der Waals surface area contributed by atoms with Gasteiger partial charge in [0.05, 0.1) is 0 Å². The maximum atomic E-state index is 13.2. The Kier molecular flexibility index (Phi) is 7.19. The normalized spacial score (nSPS) is 21.9. The second-order valence-corrected chi connectivity index (χ2v) is 6.76. The van der Waals surface area contributed by atoms with Gasteiger partial charge in [0.1, 0.15) is 0 Å². The van der Waals surface area contributed by atoms with Crippen LogP contribution in [0.1, 0.15) is 63.9 Å². The van der Waals surface area contributed by atoms with Gasteiger partial charge in [-0.25, -0.2) is 13.2 Å². The second-order valence-electron chi connectivity index (χ2n) is 6.76. The van der Waals surface area contributed by atoms with E-state index in [1.165, 1.54) is 38.5 Å². The van der Waals surface area contributed by atoms with E-state index < -0.39 is 17.5 Å². The van der Waals surface area contributed by atoms with Gasteiger partial charge in [0.2, 0.25) is 0 Å². The lowest BCUT2D eigenvalue weighted by Gasteiger charge is -2.28. The molecule has 3 heteroatoms. The molecule has 1 saturated carbocycles. The van der Waals surface area contributed by atoms with Gasteiger partial charge in [-0.1, -0.05) is 44.8 Å². The van der Waals surface area contributed by atoms with E-state index in [9.17, 15) is 13.2 Å². The monoisotopic (exact) mass is 324 g/mol. The summed E-state index contributed by atoms with van der Waals surface area (Å²) in [6.07, 6.45) is 14.6. The molecule has 2 rings (SSSR count). The van der Waals surface area contributed by atoms with Crippen LogP contribution in [0.15, 0.2) is 24.3 Å². The molecule has 1 aromatic carbocycles. The van der Waals surface area contributed by atoms with Crippen LogP contribution in [-0.2, 0) is 6.42 Å². The van der Waals surface area contributed by atoms with E-state index in [2.05, 4.69) is 19.1 Å². The van der Waals surface area contributed by atoms with Crippen LogP contribution in [0, 0.1) is 29.3 Å². The third-order valence-electron chi connectivity index (χ3n) is 5.00. The molecule has 0 bridgehead atoms. The Balaban J connectivity index is 1.71. The average molecular weight is 324 g/mol. The van der Waals surface area contributed by atoms with Gasteiger partial charge in [0, 0.05) is 0 Å². The van der Waals surface area contributed by atoms with Crippen molar-refractivity contribution in [3.8, 4) is 0 Å². The largest absolute Gasteiger partial charge is 0.204 e. The zero-order valence-electron chi connectivity index (χ0n) is 14.0. The van der Waals surface area contributed by atoms with Gasteiger partial charge in [0.25, 0.3) is 0 Å². The first-order chi connectivity index (χ1) is 11.1. The minimum atomic E-state index is -1.37. The van der Waals surface area contributed by atoms with E-state index in [0.29, 0.717) is 17.9 Å². The molecule has 0 unspecified atom stereocenters. The molecule has 0 aromatic heterocycles. The number of hydrogen-bond donors (Lipinski definition) is 0. The van der Waals surface area contributed by atoms with Crippen LogP contribution in [0.3, 0.4) is 0 Å². The molecule has 23 heavy (non-hydrogen) atoms. The lowest BCUT2D eigenvalue weighted by atomic mass is 9.78. The molecule has 0 amide bonds. The molecule has 128 valence electrons. The summed E-state index contributed by atoms with van der Waals surface area (Å²) in [5.41, 5.74) is 0.563. The molecule has 0 heterocycles. The van der Waals surface area contributed by atoms with Crippen molar-refractivity contribution in [1.29, 1.82) is 0 Å². The van der Waals surface area contributed by atoms with Gasteiger partial charge in [-0.2, -0.15) is 0 Å². The van der Waals surface area contributed by atoms with Crippen molar-refractivity contribution in [2.24, 2.45) is 11.8 Å². The molecule has 0 radical (unpaired) electrons. The lowest BCUT2D eigenvalue weighted by molar-refractivity contribution is 0.254. The summed E-state index contributed by atoms with van der Waals surface area (Å²) in [6.45, 7) is 2.15. The highest BCUT2D eigenvalue weighted by Gasteiger charge is 2.21. The predicted octanol–water partition coefficient (Wildman–Crippen LogP) is 6.59. The van der Waals surface area contributed by atoms with Crippen LogP contribution < -0.4 is 0 Å². The molecule has 0 atom stereocenters. The highest BCUT2D eigenvalue weighted by molar-refractivity contribution is 5.19. The summed E-state index contributed by atoms with van der Waals surface area (Å²) >= 11 is 0. The molecule has 1 aliphatic carbocycles. The fourth-order valence-corrected chi connectivity index (χ4v) is 3.55. The van der Waals surface area contributed by atoms with Crippen LogP contribution in [0.25, 0.3) is 0 Å². The molecular weight excluding hydrogens is 297 g/mol. The Bertz CT molecular complexity index is 491. The van der Waals surface area contributed by atoms with Crippen molar-refractivity contribution < 1.29 is 13.2 Å². The van der Waals surface area contributed by atoms with Crippen LogP contribution in [0.2, 0.25) is 0 Å². The average Bonchev–Trinajstić information content (AvgIpc) is 2.55. The van der Waals surface area contributed by atoms with E-state index in [1.54, 1.807) is 0 Å². The Morgan fingerprint density at radius 2 is 1.48 bits per heavy atom. The Hall–Kier alpha value is -1.25. The van der Waals surface area contributed by atoms with Gasteiger partial charge < -0.3 is 0 Å². The smallest absolute Gasteiger partial charge is 0.194 e. The van der Waals surface area contributed by atoms with Crippen molar-refractivity contribution in [1.82, 2.24) is 0 Å². The molecular formula is C20H27F3. The van der Waals surface area contributed by atoms with Gasteiger partial charge in [-0.15, -0.1) is 0 Å². The predicted molar refractivity (Wildman–Crippen MR) is 88.8 cm³/mol. The number of allylic oxidation sites excluding steroid dienone is 2. The number of hydrogen-bond acceptors (Lipinski definition) is 0. The molecule has 1 fully saturated rings. The standard InChI is InChI=1S/C20H27F3/c1-2-3-4-5-6-15-7-9-16(10-8-15)11-12-17-13-18(21)20(23)19(22)14-17/h3-4,13-16H,2,5-12H2,1H3/b4-3+. The molecule has 0 N–H and O–H groups in total. The first-order valence-corrected chi connectivity index (χ1v) is 8.88. The summed E-state index contributed by atoms with van der Waals surface area (Å²) in [6, 6.07) is 2.26. The molecule has 1 aliphatic rings. The molecule has 0 spiro atoms. The van der Waals surface area contributed by atoms with Gasteiger partial charge in [-0.3, -0.25) is 0 Å². The van der Waals surface area contributed by atoms with Crippen molar-refractivity contribution in [3.05, 3.63) is 47.3 Å². The molecule has 0 nitrogen and oxygen atoms in total. The number of halogens is 3. The van der Waals surface area contributed by atoms with Crippen molar-refractivity contribution in [2.75, 3.05) is 0 Å². The van der Waals surface area contributed by atoms with E-state index in [-0.39, 0.29) is 0 Å². The highest BCUT2D eigenvalue weighted by atomic mass is 19.2. The number of aryl methyl sites for hydroxylation is 1. The molecule has 0 saturated heterocycles. The van der Waals surface area contributed by atoms with E-state index in [4.69, 9.17) is 0 Å². The van der Waals surface area contributed by atoms with Crippen LogP contribution in [0.5, 0.6) is 0 Å². The minimum Gasteiger partial charge on any atom is -0.204 e. The van der Waals surface area contributed by atoms with Crippen LogP contribution >= 0.6 is 0 Å². The molecule has 0 aliphatic heterocycles. The van der Waals surface area contributed by atoms with Crippen LogP contribution in [-0.4, -0.2) is 0 Å². The van der Waals surface area contributed by atoms with Gasteiger partial charge in [-0.05, 0) is 61.6 Å². The maximum Gasteiger partial charge on any atom is 0.194 e. The van der Waals surface area contributed by atoms with Gasteiger partial charge in [0.15, 0.2) is 17.5 Å². The number of benzene rings is 1. The Morgan fingerprint density at radius 1 is 0.913 bits per heavy atom. The number of rotatable bonds is 7. The second kappa shape index (κ2) is 9.14.